The molecule has 2 heterocycles. The predicted octanol–water partition coefficient (Wildman–Crippen LogP) is 2.13. The third-order valence-electron chi connectivity index (χ3n) is 5.98. The molecule has 33 heavy (non-hydrogen) atoms. The summed E-state index contributed by atoms with van der Waals surface area (Å²) < 4.78 is 5.18. The minimum absolute atomic E-state index is 0.118. The van der Waals surface area contributed by atoms with Crippen LogP contribution in [-0.2, 0) is 9.59 Å². The molecule has 1 saturated heterocycles. The highest BCUT2D eigenvalue weighted by Gasteiger charge is 2.40. The summed E-state index contributed by atoms with van der Waals surface area (Å²) in [4.78, 5) is 39.8. The van der Waals surface area contributed by atoms with Crippen molar-refractivity contribution in [2.45, 2.75) is 24.9 Å². The second-order valence-electron chi connectivity index (χ2n) is 8.23. The number of amides is 3. The Hall–Kier alpha value is -3.65. The van der Waals surface area contributed by atoms with E-state index in [0.717, 1.165) is 16.9 Å². The maximum absolute atomic E-state index is 13.3. The van der Waals surface area contributed by atoms with Crippen molar-refractivity contribution >= 4 is 35.6 Å². The smallest absolute Gasteiger partial charge is 0.256 e. The van der Waals surface area contributed by atoms with E-state index in [-0.39, 0.29) is 30.3 Å². The van der Waals surface area contributed by atoms with Gasteiger partial charge >= 0.3 is 0 Å². The molecule has 8 heteroatoms. The van der Waals surface area contributed by atoms with E-state index < -0.39 is 6.04 Å². The van der Waals surface area contributed by atoms with Crippen LogP contribution in [0.1, 0.15) is 34.3 Å². The average molecular weight is 449 g/mol. The number of carbonyl (C=O) groups excluding carboxylic acids is 3. The van der Waals surface area contributed by atoms with Crippen molar-refractivity contribution in [1.29, 1.82) is 0 Å². The SMILES string of the molecule is CNCC(=O)NC1CCN2C(=O)c3cc(C=Cc4ccc(OC)cc4)ccc3NC(=O)C2C1. The highest BCUT2D eigenvalue weighted by Crippen LogP contribution is 2.29. The van der Waals surface area contributed by atoms with Crippen molar-refractivity contribution < 1.29 is 19.1 Å². The number of rotatable bonds is 6. The van der Waals surface area contributed by atoms with Crippen LogP contribution in [0, 0.1) is 0 Å². The Kier molecular flexibility index (Phi) is 6.74. The first kappa shape index (κ1) is 22.5. The molecule has 172 valence electrons. The zero-order valence-electron chi connectivity index (χ0n) is 18.8. The Morgan fingerprint density at radius 1 is 1.15 bits per heavy atom. The molecule has 0 aromatic heterocycles. The number of methoxy groups -OCH3 is 1. The molecule has 0 spiro atoms. The maximum atomic E-state index is 13.3. The molecular formula is C25H28N4O4. The van der Waals surface area contributed by atoms with Crippen LogP contribution < -0.4 is 20.7 Å². The molecule has 3 amide bonds. The van der Waals surface area contributed by atoms with Gasteiger partial charge in [-0.15, -0.1) is 0 Å². The Balaban J connectivity index is 1.51. The topological polar surface area (TPSA) is 99.8 Å². The maximum Gasteiger partial charge on any atom is 0.256 e. The molecule has 3 N–H and O–H groups in total. The van der Waals surface area contributed by atoms with Gasteiger partial charge in [0.15, 0.2) is 0 Å². The summed E-state index contributed by atoms with van der Waals surface area (Å²) in [5, 5.41) is 8.66. The summed E-state index contributed by atoms with van der Waals surface area (Å²) >= 11 is 0. The Morgan fingerprint density at radius 2 is 1.88 bits per heavy atom. The minimum atomic E-state index is -0.614. The van der Waals surface area contributed by atoms with Gasteiger partial charge in [0.2, 0.25) is 11.8 Å². The van der Waals surface area contributed by atoms with Crippen LogP contribution in [0.25, 0.3) is 12.2 Å². The van der Waals surface area contributed by atoms with Gasteiger partial charge in [-0.3, -0.25) is 14.4 Å². The molecule has 1 fully saturated rings. The summed E-state index contributed by atoms with van der Waals surface area (Å²) in [5.74, 6) is 0.274. The monoisotopic (exact) mass is 448 g/mol. The van der Waals surface area contributed by atoms with Gasteiger partial charge in [-0.2, -0.15) is 0 Å². The summed E-state index contributed by atoms with van der Waals surface area (Å²) in [6, 6.07) is 12.4. The van der Waals surface area contributed by atoms with Gasteiger partial charge in [-0.1, -0.05) is 30.4 Å². The standard InChI is InChI=1S/C25H28N4O4/c1-26-15-23(30)27-18-11-12-29-22(14-18)24(31)28-21-10-7-17(13-20(21)25(29)32)4-3-16-5-8-19(33-2)9-6-16/h3-10,13,18,22,26H,11-12,14-15H2,1-2H3,(H,27,30)(H,28,31). The van der Waals surface area contributed by atoms with E-state index in [9.17, 15) is 14.4 Å². The molecule has 2 aromatic rings. The quantitative estimate of drug-likeness (QED) is 0.588. The van der Waals surface area contributed by atoms with Gasteiger partial charge in [0, 0.05) is 12.6 Å². The number of benzene rings is 2. The second-order valence-corrected chi connectivity index (χ2v) is 8.23. The fourth-order valence-electron chi connectivity index (χ4n) is 4.26. The van der Waals surface area contributed by atoms with Gasteiger partial charge in [0.25, 0.3) is 5.91 Å². The second kappa shape index (κ2) is 9.87. The van der Waals surface area contributed by atoms with Crippen LogP contribution >= 0.6 is 0 Å². The third-order valence-corrected chi connectivity index (χ3v) is 5.98. The summed E-state index contributed by atoms with van der Waals surface area (Å²) in [7, 11) is 3.33. The number of hydrogen-bond acceptors (Lipinski definition) is 5. The lowest BCUT2D eigenvalue weighted by Crippen LogP contribution is -2.55. The number of anilines is 1. The first-order valence-corrected chi connectivity index (χ1v) is 11.0. The van der Waals surface area contributed by atoms with Crippen molar-refractivity contribution in [3.05, 3.63) is 59.2 Å². The van der Waals surface area contributed by atoms with Gasteiger partial charge in [0.1, 0.15) is 11.8 Å². The van der Waals surface area contributed by atoms with Crippen LogP contribution in [0.2, 0.25) is 0 Å². The van der Waals surface area contributed by atoms with Crippen LogP contribution in [-0.4, -0.2) is 62.0 Å². The third kappa shape index (κ3) is 5.06. The van der Waals surface area contributed by atoms with Crippen molar-refractivity contribution in [1.82, 2.24) is 15.5 Å². The first-order chi connectivity index (χ1) is 16.0. The number of nitrogens with one attached hydrogen (secondary N) is 3. The average Bonchev–Trinajstić information content (AvgIpc) is 2.92. The van der Waals surface area contributed by atoms with E-state index in [1.165, 1.54) is 0 Å². The highest BCUT2D eigenvalue weighted by atomic mass is 16.5. The number of fused-ring (bicyclic) bond motifs is 2. The lowest BCUT2D eigenvalue weighted by Gasteiger charge is -2.37. The molecule has 2 aliphatic rings. The fourth-order valence-corrected chi connectivity index (χ4v) is 4.26. The van der Waals surface area contributed by atoms with Gasteiger partial charge < -0.3 is 25.6 Å². The van der Waals surface area contributed by atoms with Crippen LogP contribution in [0.3, 0.4) is 0 Å². The minimum Gasteiger partial charge on any atom is -0.497 e. The van der Waals surface area contributed by atoms with Gasteiger partial charge in [-0.25, -0.2) is 0 Å². The number of ether oxygens (including phenoxy) is 1. The molecular weight excluding hydrogens is 420 g/mol. The number of piperidine rings is 1. The van der Waals surface area contributed by atoms with Gasteiger partial charge in [0.05, 0.1) is 24.9 Å². The molecule has 4 rings (SSSR count). The van der Waals surface area contributed by atoms with E-state index in [1.54, 1.807) is 31.2 Å². The molecule has 2 aromatic carbocycles. The summed E-state index contributed by atoms with van der Waals surface area (Å²) in [6.07, 6.45) is 4.90. The highest BCUT2D eigenvalue weighted by molar-refractivity contribution is 6.10. The van der Waals surface area contributed by atoms with Crippen molar-refractivity contribution in [2.24, 2.45) is 0 Å². The zero-order valence-corrected chi connectivity index (χ0v) is 18.8. The van der Waals surface area contributed by atoms with Crippen molar-refractivity contribution in [3.8, 4) is 5.75 Å². The number of hydrogen-bond donors (Lipinski definition) is 3. The molecule has 0 aliphatic carbocycles. The predicted molar refractivity (Wildman–Crippen MR) is 127 cm³/mol. The molecule has 2 unspecified atom stereocenters. The Bertz CT molecular complexity index is 1080. The van der Waals surface area contributed by atoms with E-state index in [0.29, 0.717) is 30.6 Å². The van der Waals surface area contributed by atoms with Gasteiger partial charge in [-0.05, 0) is 55.3 Å². The Labute approximate surface area is 193 Å². The normalized spacial score (nSPS) is 20.0. The molecule has 2 aliphatic heterocycles. The largest absolute Gasteiger partial charge is 0.497 e. The van der Waals surface area contributed by atoms with E-state index in [1.807, 2.05) is 42.5 Å². The van der Waals surface area contributed by atoms with Crippen LogP contribution in [0.15, 0.2) is 42.5 Å². The van der Waals surface area contributed by atoms with E-state index in [4.69, 9.17) is 4.74 Å². The molecule has 2 atom stereocenters. The number of nitrogens with zero attached hydrogens (tertiary/aromatic N) is 1. The summed E-state index contributed by atoms with van der Waals surface area (Å²) in [6.45, 7) is 0.626. The van der Waals surface area contributed by atoms with Crippen LogP contribution in [0.4, 0.5) is 5.69 Å². The fraction of sp³-hybridized carbons (Fsp3) is 0.320. The lowest BCUT2D eigenvalue weighted by molar-refractivity contribution is -0.124. The molecule has 0 radical (unpaired) electrons. The van der Waals surface area contributed by atoms with E-state index >= 15 is 0 Å². The first-order valence-electron chi connectivity index (χ1n) is 11.0. The summed E-state index contributed by atoms with van der Waals surface area (Å²) in [5.41, 5.74) is 2.85. The Morgan fingerprint density at radius 3 is 2.61 bits per heavy atom. The number of carbonyl (C=O) groups is 3. The molecule has 8 nitrogen and oxygen atoms in total. The van der Waals surface area contributed by atoms with Crippen molar-refractivity contribution in [2.75, 3.05) is 32.6 Å². The van der Waals surface area contributed by atoms with E-state index in [2.05, 4.69) is 16.0 Å². The zero-order chi connectivity index (χ0) is 23.4. The molecule has 0 saturated carbocycles. The molecule has 0 bridgehead atoms. The lowest BCUT2D eigenvalue weighted by atomic mass is 9.96. The number of likely N-dealkylation sites (N-methyl/N-ethyl adjacent to an activating group) is 1. The van der Waals surface area contributed by atoms with Crippen LogP contribution in [0.5, 0.6) is 5.75 Å². The van der Waals surface area contributed by atoms with Crippen molar-refractivity contribution in [3.63, 3.8) is 0 Å².